The Kier molecular flexibility index (Phi) is 3.99. The molecule has 0 saturated carbocycles. The Hall–Kier alpha value is -0.810. The molecule has 12 heavy (non-hydrogen) atoms. The van der Waals surface area contributed by atoms with Crippen LogP contribution in [0, 0.1) is 0 Å². The van der Waals surface area contributed by atoms with Gasteiger partial charge in [-0.2, -0.15) is 0 Å². The van der Waals surface area contributed by atoms with Gasteiger partial charge in [0.05, 0.1) is 12.1 Å². The van der Waals surface area contributed by atoms with Gasteiger partial charge in [-0.3, -0.25) is 4.99 Å². The van der Waals surface area contributed by atoms with E-state index in [0.717, 1.165) is 0 Å². The predicted molar refractivity (Wildman–Crippen MR) is 49.9 cm³/mol. The van der Waals surface area contributed by atoms with Crippen LogP contribution in [0.3, 0.4) is 0 Å². The molecular formula is C7H18N4O. The zero-order valence-corrected chi connectivity index (χ0v) is 7.91. The first-order valence-corrected chi connectivity index (χ1v) is 3.76. The minimum absolute atomic E-state index is 0.00836. The van der Waals surface area contributed by atoms with Crippen LogP contribution in [0.2, 0.25) is 0 Å². The summed E-state index contributed by atoms with van der Waals surface area (Å²) in [5.74, 6) is 0.00836. The van der Waals surface area contributed by atoms with Crippen molar-refractivity contribution in [3.63, 3.8) is 0 Å². The summed E-state index contributed by atoms with van der Waals surface area (Å²) in [5.41, 5.74) is 9.40. The number of hydrogen-bond donors (Lipinski definition) is 3. The van der Waals surface area contributed by atoms with Crippen LogP contribution in [0.4, 0.5) is 0 Å². The molecule has 0 radical (unpaired) electrons. The molecule has 0 aromatic heterocycles. The molecule has 5 nitrogen and oxygen atoms in total. The molecule has 0 saturated heterocycles. The van der Waals surface area contributed by atoms with Crippen molar-refractivity contribution in [3.05, 3.63) is 0 Å². The lowest BCUT2D eigenvalue weighted by Crippen LogP contribution is -2.41. The van der Waals surface area contributed by atoms with Gasteiger partial charge in [-0.05, 0) is 21.0 Å². The molecule has 0 aliphatic heterocycles. The monoisotopic (exact) mass is 174 g/mol. The summed E-state index contributed by atoms with van der Waals surface area (Å²) in [6.45, 7) is 2.46. The van der Waals surface area contributed by atoms with E-state index < -0.39 is 5.60 Å². The Labute approximate surface area is 73.1 Å². The maximum absolute atomic E-state index is 9.67. The number of likely N-dealkylation sites (N-methyl/N-ethyl adjacent to an activating group) is 1. The van der Waals surface area contributed by atoms with Gasteiger partial charge < -0.3 is 21.5 Å². The minimum atomic E-state index is -0.868. The van der Waals surface area contributed by atoms with E-state index in [1.165, 1.54) is 0 Å². The van der Waals surface area contributed by atoms with Gasteiger partial charge >= 0.3 is 0 Å². The number of hydrogen-bond acceptors (Lipinski definition) is 3. The van der Waals surface area contributed by atoms with Crippen molar-refractivity contribution in [2.75, 3.05) is 27.2 Å². The van der Waals surface area contributed by atoms with Gasteiger partial charge in [0.1, 0.15) is 0 Å². The van der Waals surface area contributed by atoms with Crippen molar-refractivity contribution in [1.29, 1.82) is 0 Å². The lowest BCUT2D eigenvalue weighted by molar-refractivity contribution is 0.0424. The first-order chi connectivity index (χ1) is 5.33. The largest absolute Gasteiger partial charge is 0.387 e. The summed E-state index contributed by atoms with van der Waals surface area (Å²) in [4.78, 5) is 5.62. The molecule has 5 N–H and O–H groups in total. The van der Waals surface area contributed by atoms with Crippen molar-refractivity contribution < 1.29 is 5.11 Å². The number of rotatable bonds is 4. The molecule has 1 unspecified atom stereocenters. The molecule has 0 aliphatic carbocycles. The third kappa shape index (κ3) is 5.94. The highest BCUT2D eigenvalue weighted by atomic mass is 16.3. The van der Waals surface area contributed by atoms with E-state index in [9.17, 15) is 5.11 Å². The molecule has 0 aromatic rings. The summed E-state index contributed by atoms with van der Waals surface area (Å²) in [7, 11) is 3.76. The van der Waals surface area contributed by atoms with Gasteiger partial charge in [-0.1, -0.05) is 0 Å². The van der Waals surface area contributed by atoms with Crippen LogP contribution >= 0.6 is 0 Å². The highest BCUT2D eigenvalue weighted by Gasteiger charge is 2.20. The van der Waals surface area contributed by atoms with Gasteiger partial charge in [0, 0.05) is 6.54 Å². The van der Waals surface area contributed by atoms with Crippen molar-refractivity contribution in [2.45, 2.75) is 12.5 Å². The van der Waals surface area contributed by atoms with Crippen LogP contribution in [0.5, 0.6) is 0 Å². The van der Waals surface area contributed by atoms with Gasteiger partial charge in [-0.15, -0.1) is 0 Å². The highest BCUT2D eigenvalue weighted by molar-refractivity contribution is 5.75. The van der Waals surface area contributed by atoms with Crippen LogP contribution in [0.15, 0.2) is 4.99 Å². The molecule has 5 heteroatoms. The SMILES string of the molecule is CN(C)CC(C)(O)CN=C(N)N. The van der Waals surface area contributed by atoms with E-state index in [2.05, 4.69) is 4.99 Å². The summed E-state index contributed by atoms with van der Waals surface area (Å²) in [6, 6.07) is 0. The predicted octanol–water partition coefficient (Wildman–Crippen LogP) is -1.43. The van der Waals surface area contributed by atoms with E-state index in [1.54, 1.807) is 6.92 Å². The molecule has 0 aromatic carbocycles. The molecule has 0 rings (SSSR count). The highest BCUT2D eigenvalue weighted by Crippen LogP contribution is 2.04. The number of guanidine groups is 1. The fourth-order valence-corrected chi connectivity index (χ4v) is 0.993. The number of aliphatic imine (C=N–C) groups is 1. The molecule has 1 atom stereocenters. The van der Waals surface area contributed by atoms with E-state index in [-0.39, 0.29) is 12.5 Å². The molecule has 0 fully saturated rings. The van der Waals surface area contributed by atoms with Crippen LogP contribution < -0.4 is 11.5 Å². The quantitative estimate of drug-likeness (QED) is 0.360. The Morgan fingerprint density at radius 2 is 2.00 bits per heavy atom. The van der Waals surface area contributed by atoms with Gasteiger partial charge in [0.2, 0.25) is 0 Å². The second kappa shape index (κ2) is 4.27. The van der Waals surface area contributed by atoms with E-state index in [1.807, 2.05) is 19.0 Å². The summed E-state index contributed by atoms with van der Waals surface area (Å²) >= 11 is 0. The van der Waals surface area contributed by atoms with Gasteiger partial charge in [0.25, 0.3) is 0 Å². The third-order valence-electron chi connectivity index (χ3n) is 1.26. The van der Waals surface area contributed by atoms with Crippen molar-refractivity contribution in [1.82, 2.24) is 4.90 Å². The van der Waals surface area contributed by atoms with Crippen LogP contribution in [0.1, 0.15) is 6.92 Å². The van der Waals surface area contributed by atoms with Crippen molar-refractivity contribution in [3.8, 4) is 0 Å². The second-order valence-corrected chi connectivity index (χ2v) is 3.48. The van der Waals surface area contributed by atoms with Gasteiger partial charge in [-0.25, -0.2) is 0 Å². The fourth-order valence-electron chi connectivity index (χ4n) is 0.993. The average molecular weight is 174 g/mol. The number of nitrogens with zero attached hydrogens (tertiary/aromatic N) is 2. The lowest BCUT2D eigenvalue weighted by Gasteiger charge is -2.24. The van der Waals surface area contributed by atoms with Crippen LogP contribution in [0.25, 0.3) is 0 Å². The third-order valence-corrected chi connectivity index (χ3v) is 1.26. The Balaban J connectivity index is 3.95. The first kappa shape index (κ1) is 11.2. The Bertz CT molecular complexity index is 161. The zero-order chi connectivity index (χ0) is 9.78. The average Bonchev–Trinajstić information content (AvgIpc) is 1.81. The van der Waals surface area contributed by atoms with E-state index in [4.69, 9.17) is 11.5 Å². The molecule has 0 amide bonds. The van der Waals surface area contributed by atoms with Gasteiger partial charge in [0.15, 0.2) is 5.96 Å². The summed E-state index contributed by atoms with van der Waals surface area (Å²) in [5, 5.41) is 9.67. The topological polar surface area (TPSA) is 87.9 Å². The molecule has 0 bridgehead atoms. The fraction of sp³-hybridized carbons (Fsp3) is 0.857. The smallest absolute Gasteiger partial charge is 0.186 e. The van der Waals surface area contributed by atoms with Crippen molar-refractivity contribution in [2.24, 2.45) is 16.5 Å². The lowest BCUT2D eigenvalue weighted by atomic mass is 10.1. The molecular weight excluding hydrogens is 156 g/mol. The summed E-state index contributed by atoms with van der Waals surface area (Å²) in [6.07, 6.45) is 0. The number of aliphatic hydroxyl groups is 1. The molecule has 0 aliphatic rings. The van der Waals surface area contributed by atoms with E-state index >= 15 is 0 Å². The maximum atomic E-state index is 9.67. The molecule has 0 spiro atoms. The van der Waals surface area contributed by atoms with Crippen molar-refractivity contribution >= 4 is 5.96 Å². The Morgan fingerprint density at radius 3 is 2.33 bits per heavy atom. The van der Waals surface area contributed by atoms with E-state index in [0.29, 0.717) is 6.54 Å². The first-order valence-electron chi connectivity index (χ1n) is 3.76. The zero-order valence-electron chi connectivity index (χ0n) is 7.91. The van der Waals surface area contributed by atoms with Crippen LogP contribution in [-0.4, -0.2) is 48.8 Å². The van der Waals surface area contributed by atoms with Crippen LogP contribution in [-0.2, 0) is 0 Å². The summed E-state index contributed by atoms with van der Waals surface area (Å²) < 4.78 is 0. The minimum Gasteiger partial charge on any atom is -0.387 e. The normalized spacial score (nSPS) is 15.8. The Morgan fingerprint density at radius 1 is 1.50 bits per heavy atom. The maximum Gasteiger partial charge on any atom is 0.186 e. The molecule has 72 valence electrons. The molecule has 0 heterocycles. The standard InChI is InChI=1S/C7H18N4O/c1-7(12,5-11(2)3)4-10-6(8)9/h12H,4-5H2,1-3H3,(H4,8,9,10). The second-order valence-electron chi connectivity index (χ2n) is 3.48. The number of nitrogens with two attached hydrogens (primary N) is 2.